The number of aryl methyl sites for hydroxylation is 2. The topological polar surface area (TPSA) is 39.8 Å². The van der Waals surface area contributed by atoms with Gasteiger partial charge >= 0.3 is 6.18 Å². The molecule has 0 atom stereocenters. The van der Waals surface area contributed by atoms with Crippen molar-refractivity contribution in [2.24, 2.45) is 14.1 Å². The molecule has 0 aliphatic rings. The van der Waals surface area contributed by atoms with E-state index < -0.39 is 11.9 Å². The Morgan fingerprint density at radius 3 is 2.59 bits per heavy atom. The first-order chi connectivity index (χ1) is 10.2. The van der Waals surface area contributed by atoms with Gasteiger partial charge in [-0.1, -0.05) is 11.6 Å². The second-order valence-corrected chi connectivity index (χ2v) is 6.06. The van der Waals surface area contributed by atoms with Gasteiger partial charge in [-0.25, -0.2) is 0 Å². The van der Waals surface area contributed by atoms with Gasteiger partial charge in [0.1, 0.15) is 5.15 Å². The lowest BCUT2D eigenvalue weighted by molar-refractivity contribution is -0.141. The molecule has 0 aliphatic carbocycles. The van der Waals surface area contributed by atoms with Crippen molar-refractivity contribution in [1.29, 1.82) is 0 Å². The molecule has 2 aromatic rings. The lowest BCUT2D eigenvalue weighted by Crippen LogP contribution is -2.14. The summed E-state index contributed by atoms with van der Waals surface area (Å²) in [6.45, 7) is 0. The third kappa shape index (κ3) is 3.67. The Balaban J connectivity index is 2.12. The predicted octanol–water partition coefficient (Wildman–Crippen LogP) is 3.22. The smallest absolute Gasteiger partial charge is 0.319 e. The minimum Gasteiger partial charge on any atom is -0.319 e. The Bertz CT molecular complexity index is 739. The average Bonchev–Trinajstić information content (AvgIpc) is 2.71. The molecule has 0 N–H and O–H groups in total. The molecule has 0 spiro atoms. The number of thioether (sulfide) groups is 1. The molecular formula is C13H13ClF3N3OS. The van der Waals surface area contributed by atoms with E-state index in [9.17, 15) is 18.0 Å². The highest BCUT2D eigenvalue weighted by Crippen LogP contribution is 2.36. The van der Waals surface area contributed by atoms with Gasteiger partial charge in [0.05, 0.1) is 0 Å². The van der Waals surface area contributed by atoms with Gasteiger partial charge < -0.3 is 4.57 Å². The van der Waals surface area contributed by atoms with E-state index in [2.05, 4.69) is 5.10 Å². The molecule has 0 saturated heterocycles. The van der Waals surface area contributed by atoms with Crippen molar-refractivity contribution in [2.75, 3.05) is 0 Å². The number of aromatic nitrogens is 3. The van der Waals surface area contributed by atoms with Crippen molar-refractivity contribution in [1.82, 2.24) is 14.3 Å². The zero-order valence-corrected chi connectivity index (χ0v) is 13.4. The predicted molar refractivity (Wildman–Crippen MR) is 79.9 cm³/mol. The van der Waals surface area contributed by atoms with E-state index in [1.807, 2.05) is 0 Å². The van der Waals surface area contributed by atoms with Crippen molar-refractivity contribution < 1.29 is 13.2 Å². The van der Waals surface area contributed by atoms with Gasteiger partial charge in [0.2, 0.25) is 0 Å². The normalized spacial score (nSPS) is 11.9. The van der Waals surface area contributed by atoms with Crippen molar-refractivity contribution in [3.63, 3.8) is 0 Å². The average molecular weight is 352 g/mol. The molecule has 9 heteroatoms. The molecule has 0 amide bonds. The number of pyridine rings is 1. The first-order valence-corrected chi connectivity index (χ1v) is 7.75. The third-order valence-corrected chi connectivity index (χ3v) is 4.52. The van der Waals surface area contributed by atoms with Crippen molar-refractivity contribution in [3.8, 4) is 0 Å². The second kappa shape index (κ2) is 6.37. The van der Waals surface area contributed by atoms with Crippen LogP contribution in [0.2, 0.25) is 5.15 Å². The van der Waals surface area contributed by atoms with Crippen LogP contribution in [0.4, 0.5) is 13.2 Å². The molecule has 0 aliphatic heterocycles. The zero-order valence-electron chi connectivity index (χ0n) is 11.8. The largest absolute Gasteiger partial charge is 0.435 e. The third-order valence-electron chi connectivity index (χ3n) is 3.02. The van der Waals surface area contributed by atoms with Gasteiger partial charge in [0.25, 0.3) is 5.56 Å². The SMILES string of the molecule is Cn1nc(C(F)(F)F)c(CSCc2ccn(C)c(=O)c2)c1Cl. The van der Waals surface area contributed by atoms with E-state index in [1.165, 1.54) is 29.4 Å². The fraction of sp³-hybridized carbons (Fsp3) is 0.385. The summed E-state index contributed by atoms with van der Waals surface area (Å²) in [4.78, 5) is 11.5. The van der Waals surface area contributed by atoms with Gasteiger partial charge in [-0.2, -0.15) is 30.0 Å². The first-order valence-electron chi connectivity index (χ1n) is 6.22. The highest BCUT2D eigenvalue weighted by Gasteiger charge is 2.38. The number of hydrogen-bond acceptors (Lipinski definition) is 3. The van der Waals surface area contributed by atoms with E-state index >= 15 is 0 Å². The standard InChI is InChI=1S/C13H13ClF3N3OS/c1-19-4-3-8(5-10(19)21)6-22-7-9-11(13(15,16)17)18-20(2)12(9)14/h3-5H,6-7H2,1-2H3. The monoisotopic (exact) mass is 351 g/mol. The first kappa shape index (κ1) is 17.0. The molecule has 0 bridgehead atoms. The van der Waals surface area contributed by atoms with E-state index in [0.717, 1.165) is 10.2 Å². The molecule has 0 unspecified atom stereocenters. The fourth-order valence-electron chi connectivity index (χ4n) is 1.85. The molecule has 22 heavy (non-hydrogen) atoms. The van der Waals surface area contributed by atoms with E-state index in [0.29, 0.717) is 5.75 Å². The molecular weight excluding hydrogens is 339 g/mol. The van der Waals surface area contributed by atoms with E-state index in [4.69, 9.17) is 11.6 Å². The summed E-state index contributed by atoms with van der Waals surface area (Å²) in [5, 5.41) is 3.40. The van der Waals surface area contributed by atoms with Crippen LogP contribution in [-0.2, 0) is 31.8 Å². The number of rotatable bonds is 4. The Hall–Kier alpha value is -1.41. The van der Waals surface area contributed by atoms with Crippen LogP contribution in [0.25, 0.3) is 0 Å². The maximum atomic E-state index is 12.9. The maximum absolute atomic E-state index is 12.9. The maximum Gasteiger partial charge on any atom is 0.435 e. The molecule has 2 rings (SSSR count). The number of nitrogens with zero attached hydrogens (tertiary/aromatic N) is 3. The molecule has 2 aromatic heterocycles. The van der Waals surface area contributed by atoms with Crippen LogP contribution >= 0.6 is 23.4 Å². The number of alkyl halides is 3. The number of hydrogen-bond donors (Lipinski definition) is 0. The van der Waals surface area contributed by atoms with Crippen LogP contribution in [0, 0.1) is 0 Å². The molecule has 0 saturated carbocycles. The zero-order chi connectivity index (χ0) is 16.5. The molecule has 120 valence electrons. The molecule has 0 fully saturated rings. The van der Waals surface area contributed by atoms with Gasteiger partial charge in [0.15, 0.2) is 5.69 Å². The van der Waals surface area contributed by atoms with Gasteiger partial charge in [-0.3, -0.25) is 9.48 Å². The Kier molecular flexibility index (Phi) is 4.91. The van der Waals surface area contributed by atoms with Crippen molar-refractivity contribution in [2.45, 2.75) is 17.7 Å². The summed E-state index contributed by atoms with van der Waals surface area (Å²) in [5.41, 5.74) is -0.405. The summed E-state index contributed by atoms with van der Waals surface area (Å²) >= 11 is 7.13. The summed E-state index contributed by atoms with van der Waals surface area (Å²) in [6, 6.07) is 3.21. The Labute approximate surface area is 133 Å². The highest BCUT2D eigenvalue weighted by atomic mass is 35.5. The highest BCUT2D eigenvalue weighted by molar-refractivity contribution is 7.97. The fourth-order valence-corrected chi connectivity index (χ4v) is 3.12. The molecule has 4 nitrogen and oxygen atoms in total. The minimum atomic E-state index is -4.54. The summed E-state index contributed by atoms with van der Waals surface area (Å²) in [7, 11) is 3.00. The van der Waals surface area contributed by atoms with Crippen molar-refractivity contribution in [3.05, 3.63) is 50.7 Å². The van der Waals surface area contributed by atoms with Crippen LogP contribution in [0.15, 0.2) is 23.1 Å². The quantitative estimate of drug-likeness (QED) is 0.849. The summed E-state index contributed by atoms with van der Waals surface area (Å²) in [6.07, 6.45) is -2.92. The lowest BCUT2D eigenvalue weighted by atomic mass is 10.3. The van der Waals surface area contributed by atoms with Crippen molar-refractivity contribution >= 4 is 23.4 Å². The second-order valence-electron chi connectivity index (χ2n) is 4.72. The molecule has 0 aromatic carbocycles. The lowest BCUT2D eigenvalue weighted by Gasteiger charge is -2.07. The molecule has 2 heterocycles. The van der Waals surface area contributed by atoms with Gasteiger partial charge in [-0.05, 0) is 11.6 Å². The van der Waals surface area contributed by atoms with Gasteiger partial charge in [-0.15, -0.1) is 0 Å². The van der Waals surface area contributed by atoms with E-state index in [1.54, 1.807) is 19.3 Å². The molecule has 0 radical (unpaired) electrons. The summed E-state index contributed by atoms with van der Waals surface area (Å²) < 4.78 is 41.1. The van der Waals surface area contributed by atoms with Crippen LogP contribution in [0.1, 0.15) is 16.8 Å². The Morgan fingerprint density at radius 1 is 1.32 bits per heavy atom. The van der Waals surface area contributed by atoms with Crippen LogP contribution in [-0.4, -0.2) is 14.3 Å². The minimum absolute atomic E-state index is 0.0243. The number of halogens is 4. The summed E-state index contributed by atoms with van der Waals surface area (Å²) in [5.74, 6) is 0.481. The Morgan fingerprint density at radius 2 is 2.00 bits per heavy atom. The van der Waals surface area contributed by atoms with Crippen LogP contribution in [0.3, 0.4) is 0 Å². The van der Waals surface area contributed by atoms with Crippen LogP contribution in [0.5, 0.6) is 0 Å². The van der Waals surface area contributed by atoms with E-state index in [-0.39, 0.29) is 22.0 Å². The van der Waals surface area contributed by atoms with Crippen LogP contribution < -0.4 is 5.56 Å². The van der Waals surface area contributed by atoms with Gasteiger partial charge in [0, 0.05) is 43.4 Å².